The van der Waals surface area contributed by atoms with Crippen LogP contribution in [0.2, 0.25) is 0 Å². The van der Waals surface area contributed by atoms with Crippen molar-refractivity contribution in [3.63, 3.8) is 0 Å². The molecule has 1 aliphatic carbocycles. The SMILES string of the molecule is Cc1cccc(NC(=O)/C(C#N)=C\c2cc(C)n(C3CCCCC3)c2C)c1. The summed E-state index contributed by atoms with van der Waals surface area (Å²) in [6, 6.07) is 12.3. The predicted molar refractivity (Wildman–Crippen MR) is 109 cm³/mol. The van der Waals surface area contributed by atoms with Gasteiger partial charge in [0.15, 0.2) is 0 Å². The first-order valence-electron chi connectivity index (χ1n) is 9.68. The van der Waals surface area contributed by atoms with Crippen LogP contribution in [0.5, 0.6) is 0 Å². The Morgan fingerprint density at radius 1 is 1.19 bits per heavy atom. The first kappa shape index (κ1) is 19.0. The fourth-order valence-corrected chi connectivity index (χ4v) is 4.08. The van der Waals surface area contributed by atoms with Crippen LogP contribution in [0.15, 0.2) is 35.9 Å². The molecular weight excluding hydrogens is 334 g/mol. The van der Waals surface area contributed by atoms with Crippen LogP contribution in [0.25, 0.3) is 6.08 Å². The van der Waals surface area contributed by atoms with Crippen molar-refractivity contribution in [1.82, 2.24) is 4.57 Å². The molecule has 1 N–H and O–H groups in total. The maximum Gasteiger partial charge on any atom is 0.266 e. The maximum atomic E-state index is 12.6. The number of anilines is 1. The van der Waals surface area contributed by atoms with Gasteiger partial charge in [0.05, 0.1) is 0 Å². The molecule has 4 nitrogen and oxygen atoms in total. The molecule has 0 radical (unpaired) electrons. The first-order chi connectivity index (χ1) is 13.0. The molecule has 1 aromatic heterocycles. The van der Waals surface area contributed by atoms with Gasteiger partial charge in [-0.15, -0.1) is 0 Å². The lowest BCUT2D eigenvalue weighted by atomic mass is 9.95. The summed E-state index contributed by atoms with van der Waals surface area (Å²) in [5.74, 6) is -0.370. The second kappa shape index (κ2) is 8.26. The predicted octanol–water partition coefficient (Wildman–Crippen LogP) is 5.46. The van der Waals surface area contributed by atoms with Gasteiger partial charge < -0.3 is 9.88 Å². The molecule has 0 bridgehead atoms. The molecule has 1 aromatic carbocycles. The second-order valence-corrected chi connectivity index (χ2v) is 7.48. The van der Waals surface area contributed by atoms with Crippen LogP contribution in [0.3, 0.4) is 0 Å². The Bertz CT molecular complexity index is 908. The van der Waals surface area contributed by atoms with Crippen LogP contribution in [0, 0.1) is 32.1 Å². The largest absolute Gasteiger partial charge is 0.346 e. The summed E-state index contributed by atoms with van der Waals surface area (Å²) in [5, 5.41) is 12.3. The van der Waals surface area contributed by atoms with Crippen molar-refractivity contribution in [3.8, 4) is 6.07 Å². The highest BCUT2D eigenvalue weighted by atomic mass is 16.1. The average molecular weight is 361 g/mol. The molecular formula is C23H27N3O. The summed E-state index contributed by atoms with van der Waals surface area (Å²) in [5.41, 5.74) is 5.17. The van der Waals surface area contributed by atoms with Gasteiger partial charge in [-0.25, -0.2) is 0 Å². The van der Waals surface area contributed by atoms with Crippen LogP contribution in [0.1, 0.15) is 60.7 Å². The Kier molecular flexibility index (Phi) is 5.81. The fourth-order valence-electron chi connectivity index (χ4n) is 4.08. The number of carbonyl (C=O) groups excluding carboxylic acids is 1. The molecule has 1 fully saturated rings. The number of nitriles is 1. The maximum absolute atomic E-state index is 12.6. The number of nitrogens with one attached hydrogen (secondary N) is 1. The standard InChI is InChI=1S/C23H27N3O/c1-16-8-7-9-21(12-16)25-23(27)20(15-24)14-19-13-17(2)26(18(19)3)22-10-5-4-6-11-22/h7-9,12-14,22H,4-6,10-11H2,1-3H3,(H,25,27)/b20-14-. The Hall–Kier alpha value is -2.80. The van der Waals surface area contributed by atoms with Crippen LogP contribution in [-0.2, 0) is 4.79 Å². The Morgan fingerprint density at radius 3 is 2.59 bits per heavy atom. The van der Waals surface area contributed by atoms with E-state index >= 15 is 0 Å². The van der Waals surface area contributed by atoms with Gasteiger partial charge in [-0.3, -0.25) is 4.79 Å². The van der Waals surface area contributed by atoms with E-state index < -0.39 is 0 Å². The van der Waals surface area contributed by atoms with E-state index in [2.05, 4.69) is 35.9 Å². The van der Waals surface area contributed by atoms with Gasteiger partial charge in [-0.05, 0) is 69.0 Å². The smallest absolute Gasteiger partial charge is 0.266 e. The molecule has 0 saturated heterocycles. The summed E-state index contributed by atoms with van der Waals surface area (Å²) in [6.07, 6.45) is 7.99. The van der Waals surface area contributed by atoms with Crippen LogP contribution >= 0.6 is 0 Å². The summed E-state index contributed by atoms with van der Waals surface area (Å²) in [7, 11) is 0. The van der Waals surface area contributed by atoms with Crippen LogP contribution in [-0.4, -0.2) is 10.5 Å². The van der Waals surface area contributed by atoms with E-state index in [1.54, 1.807) is 6.08 Å². The van der Waals surface area contributed by atoms with E-state index in [-0.39, 0.29) is 11.5 Å². The zero-order valence-corrected chi connectivity index (χ0v) is 16.4. The summed E-state index contributed by atoms with van der Waals surface area (Å²) in [6.45, 7) is 6.16. The highest BCUT2D eigenvalue weighted by molar-refractivity contribution is 6.09. The normalized spacial score (nSPS) is 15.4. The minimum absolute atomic E-state index is 0.125. The molecule has 3 rings (SSSR count). The fraction of sp³-hybridized carbons (Fsp3) is 0.391. The number of hydrogen-bond acceptors (Lipinski definition) is 2. The number of nitrogens with zero attached hydrogens (tertiary/aromatic N) is 2. The molecule has 0 spiro atoms. The van der Waals surface area contributed by atoms with Gasteiger partial charge in [0, 0.05) is 23.1 Å². The van der Waals surface area contributed by atoms with E-state index in [0.717, 1.165) is 16.8 Å². The van der Waals surface area contributed by atoms with E-state index in [1.165, 1.54) is 37.8 Å². The first-order valence-corrected chi connectivity index (χ1v) is 9.68. The van der Waals surface area contributed by atoms with Crippen molar-refractivity contribution < 1.29 is 4.79 Å². The molecule has 27 heavy (non-hydrogen) atoms. The van der Waals surface area contributed by atoms with Crippen molar-refractivity contribution in [2.75, 3.05) is 5.32 Å². The molecule has 1 amide bonds. The number of aryl methyl sites for hydroxylation is 2. The Labute approximate surface area is 161 Å². The zero-order valence-electron chi connectivity index (χ0n) is 16.4. The molecule has 1 heterocycles. The van der Waals surface area contributed by atoms with Crippen LogP contribution < -0.4 is 5.32 Å². The number of benzene rings is 1. The lowest BCUT2D eigenvalue weighted by Crippen LogP contribution is -2.15. The average Bonchev–Trinajstić information content (AvgIpc) is 2.93. The number of carbonyl (C=O) groups is 1. The number of amides is 1. The summed E-state index contributed by atoms with van der Waals surface area (Å²) >= 11 is 0. The Balaban J connectivity index is 1.85. The highest BCUT2D eigenvalue weighted by Crippen LogP contribution is 2.32. The van der Waals surface area contributed by atoms with Crippen molar-refractivity contribution in [3.05, 3.63) is 58.4 Å². The van der Waals surface area contributed by atoms with Gasteiger partial charge >= 0.3 is 0 Å². The van der Waals surface area contributed by atoms with Crippen LogP contribution in [0.4, 0.5) is 5.69 Å². The minimum atomic E-state index is -0.370. The van der Waals surface area contributed by atoms with E-state index in [0.29, 0.717) is 11.7 Å². The van der Waals surface area contributed by atoms with E-state index in [1.807, 2.05) is 31.2 Å². The van der Waals surface area contributed by atoms with Crippen molar-refractivity contribution in [2.24, 2.45) is 0 Å². The second-order valence-electron chi connectivity index (χ2n) is 7.48. The molecule has 0 aliphatic heterocycles. The Morgan fingerprint density at radius 2 is 1.93 bits per heavy atom. The van der Waals surface area contributed by atoms with Crippen molar-refractivity contribution in [1.29, 1.82) is 5.26 Å². The molecule has 2 aromatic rings. The van der Waals surface area contributed by atoms with Crippen molar-refractivity contribution >= 4 is 17.7 Å². The van der Waals surface area contributed by atoms with Crippen molar-refractivity contribution in [2.45, 2.75) is 58.9 Å². The summed E-state index contributed by atoms with van der Waals surface area (Å²) < 4.78 is 2.39. The monoisotopic (exact) mass is 361 g/mol. The van der Waals surface area contributed by atoms with Gasteiger partial charge in [-0.2, -0.15) is 5.26 Å². The minimum Gasteiger partial charge on any atom is -0.346 e. The molecule has 1 aliphatic rings. The molecule has 140 valence electrons. The summed E-state index contributed by atoms with van der Waals surface area (Å²) in [4.78, 5) is 12.6. The third-order valence-corrected chi connectivity index (χ3v) is 5.40. The number of aromatic nitrogens is 1. The van der Waals surface area contributed by atoms with Gasteiger partial charge in [0.1, 0.15) is 11.6 Å². The van der Waals surface area contributed by atoms with E-state index in [4.69, 9.17) is 0 Å². The quantitative estimate of drug-likeness (QED) is 0.580. The molecule has 0 atom stereocenters. The highest BCUT2D eigenvalue weighted by Gasteiger charge is 2.20. The van der Waals surface area contributed by atoms with Gasteiger partial charge in [-0.1, -0.05) is 31.4 Å². The number of hydrogen-bond donors (Lipinski definition) is 1. The number of rotatable bonds is 4. The lowest BCUT2D eigenvalue weighted by molar-refractivity contribution is -0.112. The molecule has 0 unspecified atom stereocenters. The molecule has 4 heteroatoms. The topological polar surface area (TPSA) is 57.8 Å². The van der Waals surface area contributed by atoms with E-state index in [9.17, 15) is 10.1 Å². The zero-order chi connectivity index (χ0) is 19.4. The third-order valence-electron chi connectivity index (χ3n) is 5.40. The lowest BCUT2D eigenvalue weighted by Gasteiger charge is -2.26. The third kappa shape index (κ3) is 4.31. The van der Waals surface area contributed by atoms with Gasteiger partial charge in [0.2, 0.25) is 0 Å². The molecule has 1 saturated carbocycles. The van der Waals surface area contributed by atoms with Gasteiger partial charge in [0.25, 0.3) is 5.91 Å².